The van der Waals surface area contributed by atoms with Gasteiger partial charge < -0.3 is 5.11 Å². The van der Waals surface area contributed by atoms with Crippen molar-refractivity contribution in [2.75, 3.05) is 0 Å². The normalized spacial score (nSPS) is 27.6. The number of aliphatic hydroxyl groups is 1. The van der Waals surface area contributed by atoms with E-state index in [0.29, 0.717) is 11.8 Å². The number of aryl methyl sites for hydroxylation is 1. The monoisotopic (exact) mass is 356 g/mol. The third-order valence-electron chi connectivity index (χ3n) is 5.41. The summed E-state index contributed by atoms with van der Waals surface area (Å²) >= 11 is 8.40. The van der Waals surface area contributed by atoms with Crippen LogP contribution in [0.25, 0.3) is 0 Å². The maximum atomic E-state index is 10.4. The predicted molar refractivity (Wildman–Crippen MR) is 102 cm³/mol. The fourth-order valence-electron chi connectivity index (χ4n) is 4.06. The summed E-state index contributed by atoms with van der Waals surface area (Å²) in [5.74, 6) is 0.953. The number of hydrogen-bond acceptors (Lipinski definition) is 2. The van der Waals surface area contributed by atoms with E-state index in [1.165, 1.54) is 62.7 Å². The molecule has 132 valence electrons. The molecule has 1 nitrogen and oxygen atoms in total. The van der Waals surface area contributed by atoms with Crippen molar-refractivity contribution in [1.82, 2.24) is 0 Å². The van der Waals surface area contributed by atoms with Gasteiger partial charge in [-0.3, -0.25) is 0 Å². The van der Waals surface area contributed by atoms with Crippen LogP contribution < -0.4 is 0 Å². The summed E-state index contributed by atoms with van der Waals surface area (Å²) < 4.78 is 0. The molecule has 1 aliphatic carbocycles. The van der Waals surface area contributed by atoms with E-state index in [2.05, 4.69) is 24.4 Å². The third kappa shape index (κ3) is 6.40. The van der Waals surface area contributed by atoms with Gasteiger partial charge in [-0.1, -0.05) is 51.5 Å². The first-order valence-electron chi connectivity index (χ1n) is 9.57. The highest BCUT2D eigenvalue weighted by Gasteiger charge is 2.40. The molecule has 0 spiro atoms. The van der Waals surface area contributed by atoms with Gasteiger partial charge in [0.2, 0.25) is 0 Å². The summed E-state index contributed by atoms with van der Waals surface area (Å²) in [4.78, 5) is 1.47. The van der Waals surface area contributed by atoms with Gasteiger partial charge in [-0.05, 0) is 55.4 Å². The number of thiophene rings is 1. The lowest BCUT2D eigenvalue weighted by atomic mass is 9.85. The minimum atomic E-state index is -0.167. The molecule has 0 radical (unpaired) electrons. The summed E-state index contributed by atoms with van der Waals surface area (Å²) in [5.41, 5.74) is 0. The van der Waals surface area contributed by atoms with Crippen molar-refractivity contribution in [3.63, 3.8) is 0 Å². The highest BCUT2D eigenvalue weighted by Crippen LogP contribution is 2.42. The molecule has 3 heteroatoms. The molecule has 1 N–H and O–H groups in total. The zero-order chi connectivity index (χ0) is 16.5. The first kappa shape index (κ1) is 19.3. The van der Waals surface area contributed by atoms with Crippen LogP contribution in [0.5, 0.6) is 0 Å². The zero-order valence-corrected chi connectivity index (χ0v) is 16.1. The Kier molecular flexibility index (Phi) is 9.00. The highest BCUT2D eigenvalue weighted by molar-refractivity contribution is 7.09. The van der Waals surface area contributed by atoms with Gasteiger partial charge in [-0.25, -0.2) is 0 Å². The molecule has 1 fully saturated rings. The Bertz CT molecular complexity index is 406. The van der Waals surface area contributed by atoms with Gasteiger partial charge in [0.15, 0.2) is 0 Å². The van der Waals surface area contributed by atoms with Crippen LogP contribution in [-0.4, -0.2) is 16.6 Å². The minimum absolute atomic E-state index is 0.167. The second-order valence-corrected chi connectivity index (χ2v) is 8.77. The Morgan fingerprint density at radius 3 is 2.57 bits per heavy atom. The molecule has 1 aliphatic rings. The number of unbranched alkanes of at least 4 members (excludes halogenated alkanes) is 5. The van der Waals surface area contributed by atoms with Crippen LogP contribution in [0.15, 0.2) is 17.5 Å². The molecule has 4 atom stereocenters. The van der Waals surface area contributed by atoms with E-state index < -0.39 is 0 Å². The fraction of sp³-hybridized carbons (Fsp3) is 0.800. The lowest BCUT2D eigenvalue weighted by molar-refractivity contribution is 0.107. The van der Waals surface area contributed by atoms with Crippen LogP contribution in [0.3, 0.4) is 0 Å². The summed E-state index contributed by atoms with van der Waals surface area (Å²) in [6, 6.07) is 4.35. The Balaban J connectivity index is 1.69. The van der Waals surface area contributed by atoms with Gasteiger partial charge in [0.25, 0.3) is 0 Å². The van der Waals surface area contributed by atoms with Crippen molar-refractivity contribution in [2.24, 2.45) is 11.8 Å². The molecule has 0 unspecified atom stereocenters. The topological polar surface area (TPSA) is 20.2 Å². The van der Waals surface area contributed by atoms with Crippen molar-refractivity contribution >= 4 is 22.9 Å². The van der Waals surface area contributed by atoms with Gasteiger partial charge in [0.05, 0.1) is 6.10 Å². The first-order chi connectivity index (χ1) is 11.2. The van der Waals surface area contributed by atoms with E-state index in [-0.39, 0.29) is 11.5 Å². The van der Waals surface area contributed by atoms with Crippen molar-refractivity contribution in [3.05, 3.63) is 22.4 Å². The number of halogens is 1. The second kappa shape index (κ2) is 10.7. The quantitative estimate of drug-likeness (QED) is 0.358. The van der Waals surface area contributed by atoms with E-state index in [1.54, 1.807) is 0 Å². The van der Waals surface area contributed by atoms with Crippen molar-refractivity contribution in [3.8, 4) is 0 Å². The lowest BCUT2D eigenvalue weighted by Gasteiger charge is -2.23. The molecular weight excluding hydrogens is 324 g/mol. The summed E-state index contributed by atoms with van der Waals surface area (Å²) in [7, 11) is 0. The maximum absolute atomic E-state index is 10.4. The number of aliphatic hydroxyl groups excluding tert-OH is 1. The van der Waals surface area contributed by atoms with Gasteiger partial charge in [-0.15, -0.1) is 22.9 Å². The highest BCUT2D eigenvalue weighted by atomic mass is 35.5. The van der Waals surface area contributed by atoms with Gasteiger partial charge in [-0.2, -0.15) is 0 Å². The number of alkyl halides is 1. The van der Waals surface area contributed by atoms with Crippen molar-refractivity contribution < 1.29 is 5.11 Å². The predicted octanol–water partition coefficient (Wildman–Crippen LogP) is 6.43. The maximum Gasteiger partial charge on any atom is 0.0585 e. The van der Waals surface area contributed by atoms with Gasteiger partial charge >= 0.3 is 0 Å². The molecule has 1 aromatic rings. The number of rotatable bonds is 11. The molecule has 0 aromatic carbocycles. The molecule has 0 aliphatic heterocycles. The van der Waals surface area contributed by atoms with Crippen LogP contribution >= 0.6 is 22.9 Å². The molecule has 0 saturated heterocycles. The second-order valence-electron chi connectivity index (χ2n) is 7.17. The Morgan fingerprint density at radius 2 is 1.83 bits per heavy atom. The Morgan fingerprint density at radius 1 is 1.09 bits per heavy atom. The Labute approximate surface area is 151 Å². The minimum Gasteiger partial charge on any atom is -0.393 e. The largest absolute Gasteiger partial charge is 0.393 e. The number of hydrogen-bond donors (Lipinski definition) is 1. The van der Waals surface area contributed by atoms with Crippen LogP contribution in [0.4, 0.5) is 0 Å². The molecule has 23 heavy (non-hydrogen) atoms. The fourth-order valence-corrected chi connectivity index (χ4v) is 5.31. The average molecular weight is 357 g/mol. The van der Waals surface area contributed by atoms with Crippen molar-refractivity contribution in [1.29, 1.82) is 0 Å². The lowest BCUT2D eigenvalue weighted by Crippen LogP contribution is -2.21. The molecule has 0 bridgehead atoms. The van der Waals surface area contributed by atoms with Crippen molar-refractivity contribution in [2.45, 2.75) is 89.0 Å². The van der Waals surface area contributed by atoms with Crippen LogP contribution in [-0.2, 0) is 6.42 Å². The summed E-state index contributed by atoms with van der Waals surface area (Å²) in [5, 5.41) is 12.7. The van der Waals surface area contributed by atoms with E-state index in [0.717, 1.165) is 12.8 Å². The zero-order valence-electron chi connectivity index (χ0n) is 14.6. The van der Waals surface area contributed by atoms with E-state index in [4.69, 9.17) is 11.6 Å². The molecule has 0 amide bonds. The Hall–Kier alpha value is -0.0500. The smallest absolute Gasteiger partial charge is 0.0585 e. The van der Waals surface area contributed by atoms with Crippen LogP contribution in [0, 0.1) is 11.8 Å². The summed E-state index contributed by atoms with van der Waals surface area (Å²) in [6.45, 7) is 2.26. The van der Waals surface area contributed by atoms with Gasteiger partial charge in [0, 0.05) is 10.3 Å². The SMILES string of the molecule is CCCCCCCC[C@@H]1[C@@H](CCCc2cccs2)[C@H](Cl)C[C@H]1O. The molecule has 2 rings (SSSR count). The van der Waals surface area contributed by atoms with E-state index in [9.17, 15) is 5.11 Å². The molecule has 1 aromatic heterocycles. The van der Waals surface area contributed by atoms with E-state index >= 15 is 0 Å². The van der Waals surface area contributed by atoms with Crippen LogP contribution in [0.1, 0.15) is 76.0 Å². The molecular formula is C20H33ClOS. The van der Waals surface area contributed by atoms with Gasteiger partial charge in [0.1, 0.15) is 0 Å². The summed E-state index contributed by atoms with van der Waals surface area (Å²) in [6.07, 6.45) is 13.3. The third-order valence-corrected chi connectivity index (χ3v) is 6.85. The standard InChI is InChI=1S/C20H33ClOS/c1-2-3-4-5-6-7-12-18-17(19(21)15-20(18)22)13-8-10-16-11-9-14-23-16/h9,11,14,17-20,22H,2-8,10,12-13,15H2,1H3/t17-,18-,19-,20-/m1/s1. The molecule has 1 heterocycles. The van der Waals surface area contributed by atoms with E-state index in [1.807, 2.05) is 11.3 Å². The van der Waals surface area contributed by atoms with Crippen LogP contribution in [0.2, 0.25) is 0 Å². The molecule has 1 saturated carbocycles. The first-order valence-corrected chi connectivity index (χ1v) is 10.9. The average Bonchev–Trinajstić information content (AvgIpc) is 3.13.